The molecule has 0 N–H and O–H groups in total. The third-order valence-electron chi connectivity index (χ3n) is 9.26. The van der Waals surface area contributed by atoms with Gasteiger partial charge in [-0.15, -0.1) is 0 Å². The lowest BCUT2D eigenvalue weighted by Gasteiger charge is -2.59. The average molecular weight is 376 g/mol. The monoisotopic (exact) mass is 375 g/mol. The number of hydrogen-bond donors (Lipinski definition) is 0. The molecule has 0 aromatic carbocycles. The van der Waals surface area contributed by atoms with Gasteiger partial charge < -0.3 is 0 Å². The average Bonchev–Trinajstić information content (AvgIpc) is 3.03. The van der Waals surface area contributed by atoms with Gasteiger partial charge in [-0.3, -0.25) is 9.78 Å². The molecule has 0 amide bonds. The van der Waals surface area contributed by atoms with Gasteiger partial charge in [0.15, 0.2) is 0 Å². The number of hydrogen-bond acceptors (Lipinski definition) is 2. The molecule has 4 aliphatic rings. The Hall–Kier alpha value is -1.70. The van der Waals surface area contributed by atoms with Crippen molar-refractivity contribution in [1.82, 2.24) is 4.98 Å². The number of fused-ring (bicyclic) bond motifs is 5. The number of pyridine rings is 1. The molecule has 0 saturated heterocycles. The Balaban J connectivity index is 1.51. The van der Waals surface area contributed by atoms with E-state index >= 15 is 0 Å². The maximum atomic E-state index is 12.7. The van der Waals surface area contributed by atoms with Crippen LogP contribution in [0.25, 0.3) is 5.57 Å². The molecule has 4 aliphatic carbocycles. The minimum Gasteiger partial charge on any atom is -0.299 e. The van der Waals surface area contributed by atoms with Crippen LogP contribution in [0.1, 0.15) is 71.8 Å². The minimum atomic E-state index is -0.270. The fourth-order valence-corrected chi connectivity index (χ4v) is 7.76. The number of carbonyl (C=O) groups excluding carboxylic acids is 1. The van der Waals surface area contributed by atoms with Crippen molar-refractivity contribution in [2.45, 2.75) is 66.2 Å². The van der Waals surface area contributed by atoms with Crippen LogP contribution < -0.4 is 0 Å². The maximum Gasteiger partial charge on any atom is 0.142 e. The number of allylic oxidation sites excluding steroid dienone is 4. The molecule has 148 valence electrons. The SMILES string of the molecule is CC1(C)C(=O)CC[C@@]2(C)C1=CC[C@H]1C3CC=C(c4cccnc4)[C@@]3(C)CC[C@@H]12. The summed E-state index contributed by atoms with van der Waals surface area (Å²) in [4.78, 5) is 17.0. The van der Waals surface area contributed by atoms with E-state index in [1.54, 1.807) is 0 Å². The standard InChI is InChI=1S/C26H33NO/c1-24(2)22-10-7-18-20-9-8-19(17-6-5-15-27-16-17)25(20,3)13-11-21(18)26(22,4)14-12-23(24)28/h5-6,8,10,15-16,18,20-21H,7,9,11-14H2,1-4H3/t18-,20?,21-,25+,26+/m0/s1. The summed E-state index contributed by atoms with van der Waals surface area (Å²) in [5.41, 5.74) is 4.51. The lowest BCUT2D eigenvalue weighted by atomic mass is 9.44. The molecule has 2 nitrogen and oxygen atoms in total. The zero-order valence-corrected chi connectivity index (χ0v) is 17.8. The molecule has 1 unspecified atom stereocenters. The Bertz CT molecular complexity index is 879. The highest BCUT2D eigenvalue weighted by atomic mass is 16.1. The summed E-state index contributed by atoms with van der Waals surface area (Å²) in [6.45, 7) is 9.33. The van der Waals surface area contributed by atoms with E-state index < -0.39 is 0 Å². The van der Waals surface area contributed by atoms with Crippen molar-refractivity contribution < 1.29 is 4.79 Å². The molecule has 5 atom stereocenters. The van der Waals surface area contributed by atoms with E-state index in [-0.39, 0.29) is 16.2 Å². The zero-order chi connectivity index (χ0) is 19.7. The van der Waals surface area contributed by atoms with Crippen LogP contribution in [0, 0.1) is 34.0 Å². The molecule has 1 aromatic heterocycles. The van der Waals surface area contributed by atoms with Crippen molar-refractivity contribution in [3.05, 3.63) is 47.8 Å². The van der Waals surface area contributed by atoms with E-state index in [0.29, 0.717) is 5.78 Å². The van der Waals surface area contributed by atoms with Crippen molar-refractivity contribution in [2.75, 3.05) is 0 Å². The van der Waals surface area contributed by atoms with E-state index in [1.165, 1.54) is 36.0 Å². The molecule has 0 spiro atoms. The molecular formula is C26H33NO. The van der Waals surface area contributed by atoms with Gasteiger partial charge in [0.1, 0.15) is 5.78 Å². The van der Waals surface area contributed by atoms with Crippen LogP contribution in [0.4, 0.5) is 0 Å². The lowest BCUT2D eigenvalue weighted by molar-refractivity contribution is -0.131. The van der Waals surface area contributed by atoms with Crippen molar-refractivity contribution in [2.24, 2.45) is 34.0 Å². The van der Waals surface area contributed by atoms with Crippen LogP contribution in [0.2, 0.25) is 0 Å². The number of nitrogens with zero attached hydrogens (tertiary/aromatic N) is 1. The van der Waals surface area contributed by atoms with Gasteiger partial charge in [0.2, 0.25) is 0 Å². The number of ketones is 1. The van der Waals surface area contributed by atoms with Crippen LogP contribution in [-0.2, 0) is 4.79 Å². The summed E-state index contributed by atoms with van der Waals surface area (Å²) in [6.07, 6.45) is 15.6. The van der Waals surface area contributed by atoms with Gasteiger partial charge in [-0.25, -0.2) is 0 Å². The van der Waals surface area contributed by atoms with Gasteiger partial charge in [-0.2, -0.15) is 0 Å². The van der Waals surface area contributed by atoms with E-state index in [2.05, 4.69) is 57.0 Å². The highest BCUT2D eigenvalue weighted by Crippen LogP contribution is 2.67. The second kappa shape index (κ2) is 5.90. The number of rotatable bonds is 1. The van der Waals surface area contributed by atoms with Crippen molar-refractivity contribution in [1.29, 1.82) is 0 Å². The van der Waals surface area contributed by atoms with E-state index in [1.807, 2.05) is 12.4 Å². The zero-order valence-electron chi connectivity index (χ0n) is 17.8. The van der Waals surface area contributed by atoms with Gasteiger partial charge in [0, 0.05) is 24.2 Å². The minimum absolute atomic E-state index is 0.207. The van der Waals surface area contributed by atoms with Gasteiger partial charge in [-0.1, -0.05) is 37.6 Å². The molecule has 2 saturated carbocycles. The second-order valence-corrected chi connectivity index (χ2v) is 10.7. The predicted molar refractivity (Wildman–Crippen MR) is 113 cm³/mol. The van der Waals surface area contributed by atoms with Crippen molar-refractivity contribution in [3.8, 4) is 0 Å². The molecule has 0 bridgehead atoms. The maximum absolute atomic E-state index is 12.7. The van der Waals surface area contributed by atoms with Crippen LogP contribution in [-0.4, -0.2) is 10.8 Å². The van der Waals surface area contributed by atoms with Crippen LogP contribution in [0.5, 0.6) is 0 Å². The summed E-state index contributed by atoms with van der Waals surface area (Å²) < 4.78 is 0. The molecule has 28 heavy (non-hydrogen) atoms. The van der Waals surface area contributed by atoms with Crippen LogP contribution in [0.15, 0.2) is 42.3 Å². The fourth-order valence-electron chi connectivity index (χ4n) is 7.76. The Morgan fingerprint density at radius 1 is 1.00 bits per heavy atom. The number of aromatic nitrogens is 1. The van der Waals surface area contributed by atoms with Gasteiger partial charge in [-0.05, 0) is 91.7 Å². The van der Waals surface area contributed by atoms with Crippen LogP contribution in [0.3, 0.4) is 0 Å². The Morgan fingerprint density at radius 2 is 1.82 bits per heavy atom. The fraction of sp³-hybridized carbons (Fsp3) is 0.615. The normalized spacial score (nSPS) is 41.4. The lowest BCUT2D eigenvalue weighted by Crippen LogP contribution is -2.53. The molecule has 1 heterocycles. The van der Waals surface area contributed by atoms with Gasteiger partial charge >= 0.3 is 0 Å². The summed E-state index contributed by atoms with van der Waals surface area (Å²) >= 11 is 0. The highest BCUT2D eigenvalue weighted by molar-refractivity contribution is 5.89. The third-order valence-corrected chi connectivity index (χ3v) is 9.26. The molecule has 2 fully saturated rings. The van der Waals surface area contributed by atoms with E-state index in [4.69, 9.17) is 0 Å². The Morgan fingerprint density at radius 3 is 2.57 bits per heavy atom. The largest absolute Gasteiger partial charge is 0.299 e. The topological polar surface area (TPSA) is 30.0 Å². The van der Waals surface area contributed by atoms with Crippen molar-refractivity contribution >= 4 is 11.4 Å². The molecule has 1 aromatic rings. The Labute approximate surface area is 169 Å². The van der Waals surface area contributed by atoms with Crippen LogP contribution >= 0.6 is 0 Å². The molecule has 0 radical (unpaired) electrons. The highest BCUT2D eigenvalue weighted by Gasteiger charge is 2.59. The number of Topliss-reactive ketones (excluding diaryl/α,β-unsaturated/α-hetero) is 1. The third kappa shape index (κ3) is 2.27. The molecular weight excluding hydrogens is 342 g/mol. The van der Waals surface area contributed by atoms with E-state index in [0.717, 1.165) is 37.0 Å². The first kappa shape index (κ1) is 18.3. The molecule has 0 aliphatic heterocycles. The summed E-state index contributed by atoms with van der Waals surface area (Å²) in [5, 5.41) is 0. The molecule has 5 rings (SSSR count). The Kier molecular flexibility index (Phi) is 3.87. The summed E-state index contributed by atoms with van der Waals surface area (Å²) in [5.74, 6) is 2.62. The summed E-state index contributed by atoms with van der Waals surface area (Å²) in [6, 6.07) is 4.30. The van der Waals surface area contributed by atoms with E-state index in [9.17, 15) is 4.79 Å². The predicted octanol–water partition coefficient (Wildman–Crippen LogP) is 6.24. The van der Waals surface area contributed by atoms with Gasteiger partial charge in [0.05, 0.1) is 0 Å². The first-order chi connectivity index (χ1) is 13.3. The summed E-state index contributed by atoms with van der Waals surface area (Å²) in [7, 11) is 0. The van der Waals surface area contributed by atoms with Crippen molar-refractivity contribution in [3.63, 3.8) is 0 Å². The van der Waals surface area contributed by atoms with Gasteiger partial charge in [0.25, 0.3) is 0 Å². The second-order valence-electron chi connectivity index (χ2n) is 10.7. The molecule has 2 heteroatoms. The number of carbonyl (C=O) groups is 1. The quantitative estimate of drug-likeness (QED) is 0.544. The smallest absolute Gasteiger partial charge is 0.142 e. The first-order valence-corrected chi connectivity index (χ1v) is 11.1. The first-order valence-electron chi connectivity index (χ1n) is 11.1.